The molecule has 3 rings (SSSR count). The van der Waals surface area contributed by atoms with Crippen LogP contribution in [0.15, 0.2) is 73.1 Å². The molecule has 0 saturated heterocycles. The summed E-state index contributed by atoms with van der Waals surface area (Å²) in [6.45, 7) is 8.28. The monoisotopic (exact) mass is 403 g/mol. The van der Waals surface area contributed by atoms with Crippen molar-refractivity contribution in [3.05, 3.63) is 95.3 Å². The van der Waals surface area contributed by atoms with Crippen LogP contribution in [0.1, 0.15) is 40.9 Å². The van der Waals surface area contributed by atoms with Crippen LogP contribution in [0.4, 0.5) is 0 Å². The molecule has 0 atom stereocenters. The first-order chi connectivity index (χ1) is 14.7. The van der Waals surface area contributed by atoms with E-state index in [0.29, 0.717) is 24.5 Å². The molecule has 0 spiro atoms. The number of nitrogens with zero attached hydrogens (tertiary/aromatic N) is 2. The standard InChI is InChI=1S/C25H29N3O2/c1-3-28(4-2)18-21-12-10-20(11-13-21)17-27-25(29)23-8-5-9-24(15-23)30-19-22-7-6-14-26-16-22/h5-16H,3-4,17-19H2,1-2H3,(H,27,29). The minimum Gasteiger partial charge on any atom is -0.489 e. The first kappa shape index (κ1) is 21.5. The van der Waals surface area contributed by atoms with E-state index in [1.165, 1.54) is 5.56 Å². The molecule has 1 amide bonds. The average Bonchev–Trinajstić information content (AvgIpc) is 2.81. The minimum atomic E-state index is -0.117. The Kier molecular flexibility index (Phi) is 7.98. The molecule has 0 saturated carbocycles. The molecule has 156 valence electrons. The first-order valence-electron chi connectivity index (χ1n) is 10.4. The number of rotatable bonds is 10. The van der Waals surface area contributed by atoms with Gasteiger partial charge < -0.3 is 10.1 Å². The molecule has 0 fully saturated rings. The Morgan fingerprint density at radius 1 is 0.967 bits per heavy atom. The number of aromatic nitrogens is 1. The van der Waals surface area contributed by atoms with Crippen LogP contribution in [-0.4, -0.2) is 28.9 Å². The highest BCUT2D eigenvalue weighted by Crippen LogP contribution is 2.15. The Hall–Kier alpha value is -3.18. The summed E-state index contributed by atoms with van der Waals surface area (Å²) in [7, 11) is 0. The van der Waals surface area contributed by atoms with Gasteiger partial charge in [0.05, 0.1) is 0 Å². The van der Waals surface area contributed by atoms with Gasteiger partial charge in [0, 0.05) is 36.6 Å². The van der Waals surface area contributed by atoms with Crippen molar-refractivity contribution >= 4 is 5.91 Å². The van der Waals surface area contributed by atoms with Crippen LogP contribution >= 0.6 is 0 Å². The van der Waals surface area contributed by atoms with Gasteiger partial charge in [0.25, 0.3) is 5.91 Å². The van der Waals surface area contributed by atoms with Crippen molar-refractivity contribution in [1.29, 1.82) is 0 Å². The zero-order valence-corrected chi connectivity index (χ0v) is 17.7. The number of hydrogen-bond donors (Lipinski definition) is 1. The van der Waals surface area contributed by atoms with Crippen LogP contribution in [-0.2, 0) is 19.7 Å². The largest absolute Gasteiger partial charge is 0.489 e. The molecule has 0 bridgehead atoms. The molecule has 30 heavy (non-hydrogen) atoms. The van der Waals surface area contributed by atoms with E-state index < -0.39 is 0 Å². The van der Waals surface area contributed by atoms with Crippen LogP contribution in [0.25, 0.3) is 0 Å². The molecular weight excluding hydrogens is 374 g/mol. The Balaban J connectivity index is 1.52. The molecule has 5 heteroatoms. The van der Waals surface area contributed by atoms with E-state index in [1.54, 1.807) is 24.5 Å². The second kappa shape index (κ2) is 11.1. The average molecular weight is 404 g/mol. The highest BCUT2D eigenvalue weighted by atomic mass is 16.5. The van der Waals surface area contributed by atoms with Crippen LogP contribution in [0.2, 0.25) is 0 Å². The zero-order chi connectivity index (χ0) is 21.2. The maximum absolute atomic E-state index is 12.6. The fraction of sp³-hybridized carbons (Fsp3) is 0.280. The van der Waals surface area contributed by atoms with Crippen LogP contribution in [0.5, 0.6) is 5.75 Å². The molecule has 0 aliphatic heterocycles. The summed E-state index contributed by atoms with van der Waals surface area (Å²) in [5.74, 6) is 0.543. The molecule has 0 unspecified atom stereocenters. The van der Waals surface area contributed by atoms with Crippen molar-refractivity contribution in [3.63, 3.8) is 0 Å². The van der Waals surface area contributed by atoms with Crippen molar-refractivity contribution in [2.75, 3.05) is 13.1 Å². The number of nitrogens with one attached hydrogen (secondary N) is 1. The van der Waals surface area contributed by atoms with Gasteiger partial charge in [-0.05, 0) is 48.5 Å². The lowest BCUT2D eigenvalue weighted by Gasteiger charge is -2.18. The molecule has 0 radical (unpaired) electrons. The second-order valence-electron chi connectivity index (χ2n) is 7.14. The van der Waals surface area contributed by atoms with Gasteiger partial charge in [-0.1, -0.05) is 50.2 Å². The van der Waals surface area contributed by atoms with E-state index in [4.69, 9.17) is 4.74 Å². The highest BCUT2D eigenvalue weighted by Gasteiger charge is 2.07. The van der Waals surface area contributed by atoms with E-state index in [1.807, 2.05) is 24.3 Å². The number of ether oxygens (including phenoxy) is 1. The van der Waals surface area contributed by atoms with Gasteiger partial charge in [0.1, 0.15) is 12.4 Å². The summed E-state index contributed by atoms with van der Waals surface area (Å²) >= 11 is 0. The smallest absolute Gasteiger partial charge is 0.251 e. The van der Waals surface area contributed by atoms with Crippen molar-refractivity contribution in [3.8, 4) is 5.75 Å². The van der Waals surface area contributed by atoms with Crippen LogP contribution in [0, 0.1) is 0 Å². The van der Waals surface area contributed by atoms with Crippen LogP contribution < -0.4 is 10.1 Å². The third-order valence-electron chi connectivity index (χ3n) is 5.00. The molecule has 1 N–H and O–H groups in total. The molecule has 0 aliphatic carbocycles. The molecular formula is C25H29N3O2. The molecule has 2 aromatic carbocycles. The predicted octanol–water partition coefficient (Wildman–Crippen LogP) is 4.43. The third kappa shape index (κ3) is 6.42. The van der Waals surface area contributed by atoms with Gasteiger partial charge in [-0.15, -0.1) is 0 Å². The van der Waals surface area contributed by atoms with Crippen molar-refractivity contribution in [1.82, 2.24) is 15.2 Å². The molecule has 5 nitrogen and oxygen atoms in total. The summed E-state index contributed by atoms with van der Waals surface area (Å²) in [6, 6.07) is 19.5. The van der Waals surface area contributed by atoms with Crippen molar-refractivity contribution in [2.45, 2.75) is 33.5 Å². The molecule has 3 aromatic rings. The highest BCUT2D eigenvalue weighted by molar-refractivity contribution is 5.94. The maximum atomic E-state index is 12.6. The fourth-order valence-corrected chi connectivity index (χ4v) is 3.13. The van der Waals surface area contributed by atoms with Gasteiger partial charge in [-0.3, -0.25) is 14.7 Å². The van der Waals surface area contributed by atoms with Crippen LogP contribution in [0.3, 0.4) is 0 Å². The van der Waals surface area contributed by atoms with Crippen molar-refractivity contribution < 1.29 is 9.53 Å². The molecule has 1 heterocycles. The molecule has 1 aromatic heterocycles. The fourth-order valence-electron chi connectivity index (χ4n) is 3.13. The quantitative estimate of drug-likeness (QED) is 0.544. The zero-order valence-electron chi connectivity index (χ0n) is 17.7. The van der Waals surface area contributed by atoms with Gasteiger partial charge in [0.2, 0.25) is 0 Å². The number of benzene rings is 2. The topological polar surface area (TPSA) is 54.5 Å². The number of carbonyl (C=O) groups excluding carboxylic acids is 1. The summed E-state index contributed by atoms with van der Waals surface area (Å²) < 4.78 is 5.78. The van der Waals surface area contributed by atoms with Crippen molar-refractivity contribution in [2.24, 2.45) is 0 Å². The first-order valence-corrected chi connectivity index (χ1v) is 10.4. The summed E-state index contributed by atoms with van der Waals surface area (Å²) in [5.41, 5.74) is 3.93. The SMILES string of the molecule is CCN(CC)Cc1ccc(CNC(=O)c2cccc(OCc3cccnc3)c2)cc1. The van der Waals surface area contributed by atoms with E-state index in [9.17, 15) is 4.79 Å². The number of carbonyl (C=O) groups is 1. The van der Waals surface area contributed by atoms with E-state index in [0.717, 1.165) is 30.8 Å². The van der Waals surface area contributed by atoms with Gasteiger partial charge in [0.15, 0.2) is 0 Å². The number of hydrogen-bond acceptors (Lipinski definition) is 4. The van der Waals surface area contributed by atoms with Gasteiger partial charge in [-0.2, -0.15) is 0 Å². The second-order valence-corrected chi connectivity index (χ2v) is 7.14. The lowest BCUT2D eigenvalue weighted by Crippen LogP contribution is -2.23. The van der Waals surface area contributed by atoms with E-state index in [-0.39, 0.29) is 5.91 Å². The van der Waals surface area contributed by atoms with E-state index >= 15 is 0 Å². The number of amides is 1. The lowest BCUT2D eigenvalue weighted by atomic mass is 10.1. The molecule has 0 aliphatic rings. The summed E-state index contributed by atoms with van der Waals surface area (Å²) in [4.78, 5) is 19.0. The predicted molar refractivity (Wildman–Crippen MR) is 119 cm³/mol. The normalized spacial score (nSPS) is 10.8. The summed E-state index contributed by atoms with van der Waals surface area (Å²) in [5, 5.41) is 2.98. The van der Waals surface area contributed by atoms with Gasteiger partial charge in [-0.25, -0.2) is 0 Å². The third-order valence-corrected chi connectivity index (χ3v) is 5.00. The maximum Gasteiger partial charge on any atom is 0.251 e. The minimum absolute atomic E-state index is 0.117. The lowest BCUT2D eigenvalue weighted by molar-refractivity contribution is 0.0950. The number of pyridine rings is 1. The Labute approximate surface area is 178 Å². The Bertz CT molecular complexity index is 923. The van der Waals surface area contributed by atoms with Gasteiger partial charge >= 0.3 is 0 Å². The Morgan fingerprint density at radius 3 is 2.43 bits per heavy atom. The Morgan fingerprint density at radius 2 is 1.73 bits per heavy atom. The summed E-state index contributed by atoms with van der Waals surface area (Å²) in [6.07, 6.45) is 3.50. The van der Waals surface area contributed by atoms with E-state index in [2.05, 4.69) is 53.3 Å².